The Morgan fingerprint density at radius 2 is 2.21 bits per heavy atom. The molecule has 0 N–H and O–H groups in total. The third kappa shape index (κ3) is 2.68. The number of rotatable bonds is 5. The highest BCUT2D eigenvalue weighted by Gasteiger charge is 2.33. The number of aromatic nitrogens is 2. The Bertz CT molecular complexity index is 538. The Hall–Kier alpha value is -0.920. The Balaban J connectivity index is 2.26. The summed E-state index contributed by atoms with van der Waals surface area (Å²) in [6.45, 7) is 5.40. The summed E-state index contributed by atoms with van der Waals surface area (Å²) in [6.07, 6.45) is 2.63. The maximum absolute atomic E-state index is 12.0. The molecule has 0 fully saturated rings. The van der Waals surface area contributed by atoms with Crippen molar-refractivity contribution < 1.29 is 13.2 Å². The normalized spacial score (nSPS) is 20.5. The fraction of sp³-hybridized carbons (Fsp3) is 0.750. The van der Waals surface area contributed by atoms with Gasteiger partial charge < -0.3 is 9.30 Å². The second-order valence-corrected chi connectivity index (χ2v) is 6.90. The zero-order chi connectivity index (χ0) is 14.0. The van der Waals surface area contributed by atoms with Gasteiger partial charge in [0.1, 0.15) is 5.82 Å². The second-order valence-electron chi connectivity index (χ2n) is 4.69. The average molecular weight is 287 g/mol. The van der Waals surface area contributed by atoms with Crippen LogP contribution in [0.4, 0.5) is 0 Å². The minimum Gasteiger partial charge on any atom is -0.384 e. The van der Waals surface area contributed by atoms with Gasteiger partial charge in [-0.05, 0) is 13.8 Å². The van der Waals surface area contributed by atoms with Crippen LogP contribution in [0.25, 0.3) is 0 Å². The Morgan fingerprint density at radius 3 is 2.84 bits per heavy atom. The molecule has 0 amide bonds. The molecule has 108 valence electrons. The van der Waals surface area contributed by atoms with Crippen molar-refractivity contribution in [3.8, 4) is 0 Å². The predicted octanol–water partition coefficient (Wildman–Crippen LogP) is 0.798. The summed E-state index contributed by atoms with van der Waals surface area (Å²) < 4.78 is 32.8. The summed E-state index contributed by atoms with van der Waals surface area (Å²) in [5, 5.41) is 0. The molecule has 1 atom stereocenters. The number of sulfonamides is 1. The Labute approximate surface area is 114 Å². The van der Waals surface area contributed by atoms with Crippen LogP contribution < -0.4 is 0 Å². The van der Waals surface area contributed by atoms with E-state index in [1.165, 1.54) is 0 Å². The van der Waals surface area contributed by atoms with Crippen LogP contribution in [0.5, 0.6) is 0 Å². The lowest BCUT2D eigenvalue weighted by Crippen LogP contribution is -2.42. The standard InChI is InChI=1S/C12H21N3O3S/c1-4-19(16,17)15-7-6-14-11(5-8-18-3)9-13-12(14)10(15)2/h9-10H,4-8H2,1-3H3/t10-/m1/s1. The van der Waals surface area contributed by atoms with E-state index in [-0.39, 0.29) is 11.8 Å². The van der Waals surface area contributed by atoms with E-state index in [1.54, 1.807) is 18.3 Å². The first kappa shape index (κ1) is 14.5. The highest BCUT2D eigenvalue weighted by Crippen LogP contribution is 2.28. The third-order valence-electron chi connectivity index (χ3n) is 3.60. The molecule has 0 aromatic carbocycles. The summed E-state index contributed by atoms with van der Waals surface area (Å²) in [5.41, 5.74) is 1.11. The van der Waals surface area contributed by atoms with E-state index in [4.69, 9.17) is 4.74 Å². The molecule has 1 aliphatic heterocycles. The molecule has 1 aromatic heterocycles. The maximum Gasteiger partial charge on any atom is 0.214 e. The van der Waals surface area contributed by atoms with Crippen LogP contribution in [-0.4, -0.2) is 48.3 Å². The summed E-state index contributed by atoms with van der Waals surface area (Å²) in [5.74, 6) is 0.962. The van der Waals surface area contributed by atoms with Gasteiger partial charge in [0.05, 0.1) is 18.4 Å². The fourth-order valence-corrected chi connectivity index (χ4v) is 3.76. The van der Waals surface area contributed by atoms with Gasteiger partial charge >= 0.3 is 0 Å². The molecule has 0 saturated heterocycles. The van der Waals surface area contributed by atoms with Crippen LogP contribution in [0, 0.1) is 0 Å². The zero-order valence-electron chi connectivity index (χ0n) is 11.7. The van der Waals surface area contributed by atoms with Crippen molar-refractivity contribution in [2.75, 3.05) is 26.0 Å². The molecule has 7 heteroatoms. The molecular weight excluding hydrogens is 266 g/mol. The Morgan fingerprint density at radius 1 is 1.47 bits per heavy atom. The van der Waals surface area contributed by atoms with Gasteiger partial charge in [-0.2, -0.15) is 4.31 Å². The van der Waals surface area contributed by atoms with Crippen molar-refractivity contribution in [2.45, 2.75) is 32.9 Å². The van der Waals surface area contributed by atoms with Crippen molar-refractivity contribution in [1.82, 2.24) is 13.9 Å². The summed E-state index contributed by atoms with van der Waals surface area (Å²) in [7, 11) is -1.49. The highest BCUT2D eigenvalue weighted by atomic mass is 32.2. The van der Waals surface area contributed by atoms with Crippen molar-refractivity contribution in [1.29, 1.82) is 0 Å². The van der Waals surface area contributed by atoms with E-state index in [0.717, 1.165) is 17.9 Å². The second kappa shape index (κ2) is 5.60. The lowest BCUT2D eigenvalue weighted by Gasteiger charge is -2.33. The maximum atomic E-state index is 12.0. The number of methoxy groups -OCH3 is 1. The van der Waals surface area contributed by atoms with Crippen LogP contribution in [-0.2, 0) is 27.7 Å². The SMILES string of the molecule is CCS(=O)(=O)N1CCn2c(CCOC)cnc2[C@H]1C. The smallest absolute Gasteiger partial charge is 0.214 e. The number of ether oxygens (including phenoxy) is 1. The van der Waals surface area contributed by atoms with E-state index in [0.29, 0.717) is 19.7 Å². The van der Waals surface area contributed by atoms with Gasteiger partial charge in [0, 0.05) is 38.5 Å². The van der Waals surface area contributed by atoms with E-state index < -0.39 is 10.0 Å². The quantitative estimate of drug-likeness (QED) is 0.803. The molecule has 1 aromatic rings. The van der Waals surface area contributed by atoms with E-state index in [2.05, 4.69) is 9.55 Å². The molecule has 0 saturated carbocycles. The van der Waals surface area contributed by atoms with Gasteiger partial charge in [-0.3, -0.25) is 0 Å². The molecule has 0 spiro atoms. The molecule has 0 aliphatic carbocycles. The predicted molar refractivity (Wildman–Crippen MR) is 72.4 cm³/mol. The number of nitrogens with zero attached hydrogens (tertiary/aromatic N) is 3. The minimum absolute atomic E-state index is 0.134. The third-order valence-corrected chi connectivity index (χ3v) is 5.55. The molecule has 6 nitrogen and oxygen atoms in total. The first-order valence-corrected chi connectivity index (χ1v) is 8.15. The van der Waals surface area contributed by atoms with E-state index >= 15 is 0 Å². The van der Waals surface area contributed by atoms with Crippen LogP contribution >= 0.6 is 0 Å². The van der Waals surface area contributed by atoms with Gasteiger partial charge in [-0.15, -0.1) is 0 Å². The van der Waals surface area contributed by atoms with Gasteiger partial charge in [-0.25, -0.2) is 13.4 Å². The summed E-state index contributed by atoms with van der Waals surface area (Å²) in [4.78, 5) is 4.39. The first-order chi connectivity index (χ1) is 9.01. The van der Waals surface area contributed by atoms with Crippen molar-refractivity contribution in [3.05, 3.63) is 17.7 Å². The van der Waals surface area contributed by atoms with Crippen LogP contribution in [0.2, 0.25) is 0 Å². The summed E-state index contributed by atoms with van der Waals surface area (Å²) in [6, 6.07) is -0.199. The lowest BCUT2D eigenvalue weighted by atomic mass is 10.2. The highest BCUT2D eigenvalue weighted by molar-refractivity contribution is 7.89. The van der Waals surface area contributed by atoms with Gasteiger partial charge in [0.25, 0.3) is 0 Å². The molecule has 19 heavy (non-hydrogen) atoms. The lowest BCUT2D eigenvalue weighted by molar-refractivity contribution is 0.199. The number of hydrogen-bond donors (Lipinski definition) is 0. The number of hydrogen-bond acceptors (Lipinski definition) is 4. The topological polar surface area (TPSA) is 64.4 Å². The van der Waals surface area contributed by atoms with Crippen molar-refractivity contribution in [2.24, 2.45) is 0 Å². The molecule has 2 heterocycles. The molecule has 2 rings (SSSR count). The average Bonchev–Trinajstić information content (AvgIpc) is 2.80. The number of imidazole rings is 1. The van der Waals surface area contributed by atoms with Gasteiger partial charge in [-0.1, -0.05) is 0 Å². The molecule has 1 aliphatic rings. The van der Waals surface area contributed by atoms with E-state index in [1.807, 2.05) is 13.1 Å². The van der Waals surface area contributed by atoms with Gasteiger partial charge in [0.15, 0.2) is 0 Å². The van der Waals surface area contributed by atoms with Crippen molar-refractivity contribution >= 4 is 10.0 Å². The molecule has 0 radical (unpaired) electrons. The van der Waals surface area contributed by atoms with Crippen LogP contribution in [0.3, 0.4) is 0 Å². The fourth-order valence-electron chi connectivity index (χ4n) is 2.49. The first-order valence-electron chi connectivity index (χ1n) is 6.54. The van der Waals surface area contributed by atoms with Crippen molar-refractivity contribution in [3.63, 3.8) is 0 Å². The van der Waals surface area contributed by atoms with Crippen LogP contribution in [0.1, 0.15) is 31.4 Å². The zero-order valence-corrected chi connectivity index (χ0v) is 12.5. The summed E-state index contributed by atoms with van der Waals surface area (Å²) >= 11 is 0. The Kier molecular flexibility index (Phi) is 4.27. The van der Waals surface area contributed by atoms with Crippen LogP contribution in [0.15, 0.2) is 6.20 Å². The van der Waals surface area contributed by atoms with E-state index in [9.17, 15) is 8.42 Å². The molecular formula is C12H21N3O3S. The minimum atomic E-state index is -3.17. The number of fused-ring (bicyclic) bond motifs is 1. The monoisotopic (exact) mass is 287 g/mol. The molecule has 0 bridgehead atoms. The van der Waals surface area contributed by atoms with Gasteiger partial charge in [0.2, 0.25) is 10.0 Å². The largest absolute Gasteiger partial charge is 0.384 e. The molecule has 0 unspecified atom stereocenters.